The lowest BCUT2D eigenvalue weighted by Gasteiger charge is -2.29. The summed E-state index contributed by atoms with van der Waals surface area (Å²) in [7, 11) is 0. The highest BCUT2D eigenvalue weighted by Gasteiger charge is 2.17. The zero-order valence-electron chi connectivity index (χ0n) is 10.1. The molecule has 0 bridgehead atoms. The number of nitrogens with two attached hydrogens (primary N) is 1. The van der Waals surface area contributed by atoms with Crippen LogP contribution < -0.4 is 5.73 Å². The third-order valence-corrected chi connectivity index (χ3v) is 3.17. The molecule has 0 radical (unpaired) electrons. The van der Waals surface area contributed by atoms with Gasteiger partial charge in [0.1, 0.15) is 0 Å². The van der Waals surface area contributed by atoms with Gasteiger partial charge in [0.2, 0.25) is 0 Å². The average Bonchev–Trinajstić information content (AvgIpc) is 2.35. The third kappa shape index (κ3) is 3.19. The lowest BCUT2D eigenvalue weighted by Crippen LogP contribution is -2.33. The van der Waals surface area contributed by atoms with E-state index >= 15 is 0 Å². The molecule has 0 saturated heterocycles. The molecule has 2 rings (SSSR count). The predicted octanol–water partition coefficient (Wildman–Crippen LogP) is 0.636. The fraction of sp³-hybridized carbons (Fsp3) is 0.538. The molecule has 0 aliphatic carbocycles. The van der Waals surface area contributed by atoms with Gasteiger partial charge in [0.25, 0.3) is 0 Å². The van der Waals surface area contributed by atoms with E-state index in [4.69, 9.17) is 15.6 Å². The van der Waals surface area contributed by atoms with Crippen LogP contribution in [0, 0.1) is 0 Å². The van der Waals surface area contributed by atoms with E-state index in [-0.39, 0.29) is 6.61 Å². The maximum atomic E-state index is 8.61. The number of aliphatic hydroxyl groups excluding tert-OH is 1. The summed E-state index contributed by atoms with van der Waals surface area (Å²) >= 11 is 0. The van der Waals surface area contributed by atoms with Gasteiger partial charge in [-0.25, -0.2) is 0 Å². The Morgan fingerprint density at radius 2 is 2.24 bits per heavy atom. The first-order valence-electron chi connectivity index (χ1n) is 6.08. The zero-order valence-corrected chi connectivity index (χ0v) is 10.1. The summed E-state index contributed by atoms with van der Waals surface area (Å²) in [6.07, 6.45) is 1.02. The molecular formula is C13H20N2O2. The van der Waals surface area contributed by atoms with E-state index in [0.29, 0.717) is 13.2 Å². The second kappa shape index (κ2) is 6.00. The zero-order chi connectivity index (χ0) is 12.1. The topological polar surface area (TPSA) is 58.7 Å². The van der Waals surface area contributed by atoms with Gasteiger partial charge in [-0.3, -0.25) is 4.90 Å². The second-order valence-electron chi connectivity index (χ2n) is 4.35. The first-order valence-corrected chi connectivity index (χ1v) is 6.08. The van der Waals surface area contributed by atoms with Gasteiger partial charge in [0, 0.05) is 25.3 Å². The molecule has 94 valence electrons. The number of fused-ring (bicyclic) bond motifs is 1. The van der Waals surface area contributed by atoms with Crippen LogP contribution in [0.5, 0.6) is 0 Å². The number of ether oxygens (including phenoxy) is 1. The molecule has 1 aliphatic rings. The van der Waals surface area contributed by atoms with Crippen molar-refractivity contribution in [3.8, 4) is 0 Å². The van der Waals surface area contributed by atoms with E-state index in [1.165, 1.54) is 11.1 Å². The fourth-order valence-corrected chi connectivity index (χ4v) is 2.25. The lowest BCUT2D eigenvalue weighted by molar-refractivity contribution is 0.0709. The van der Waals surface area contributed by atoms with Crippen molar-refractivity contribution >= 4 is 5.69 Å². The Morgan fingerprint density at radius 1 is 1.35 bits per heavy atom. The number of rotatable bonds is 5. The summed E-state index contributed by atoms with van der Waals surface area (Å²) in [4.78, 5) is 2.36. The largest absolute Gasteiger partial charge is 0.398 e. The van der Waals surface area contributed by atoms with Gasteiger partial charge in [-0.15, -0.1) is 0 Å². The Labute approximate surface area is 102 Å². The van der Waals surface area contributed by atoms with Crippen molar-refractivity contribution in [3.05, 3.63) is 29.3 Å². The summed E-state index contributed by atoms with van der Waals surface area (Å²) in [5.41, 5.74) is 9.51. The first kappa shape index (κ1) is 12.4. The highest BCUT2D eigenvalue weighted by Crippen LogP contribution is 2.23. The smallest absolute Gasteiger partial charge is 0.0698 e. The maximum absolute atomic E-state index is 8.61. The lowest BCUT2D eigenvalue weighted by atomic mass is 9.98. The van der Waals surface area contributed by atoms with E-state index in [0.717, 1.165) is 31.7 Å². The third-order valence-electron chi connectivity index (χ3n) is 3.17. The van der Waals surface area contributed by atoms with Gasteiger partial charge in [-0.05, 0) is 23.6 Å². The van der Waals surface area contributed by atoms with Crippen LogP contribution in [0.4, 0.5) is 5.69 Å². The van der Waals surface area contributed by atoms with Crippen LogP contribution in [0.25, 0.3) is 0 Å². The van der Waals surface area contributed by atoms with Gasteiger partial charge < -0.3 is 15.6 Å². The Kier molecular flexibility index (Phi) is 4.36. The van der Waals surface area contributed by atoms with Gasteiger partial charge in [-0.1, -0.05) is 12.1 Å². The van der Waals surface area contributed by atoms with E-state index in [9.17, 15) is 0 Å². The number of nitrogens with zero attached hydrogens (tertiary/aromatic N) is 1. The van der Waals surface area contributed by atoms with Crippen LogP contribution in [0.3, 0.4) is 0 Å². The van der Waals surface area contributed by atoms with Gasteiger partial charge >= 0.3 is 0 Å². The molecule has 0 fully saturated rings. The summed E-state index contributed by atoms with van der Waals surface area (Å²) in [6.45, 7) is 4.09. The molecule has 4 nitrogen and oxygen atoms in total. The first-order chi connectivity index (χ1) is 8.31. The Morgan fingerprint density at radius 3 is 3.06 bits per heavy atom. The van der Waals surface area contributed by atoms with E-state index in [2.05, 4.69) is 11.0 Å². The molecule has 1 aromatic rings. The molecule has 1 aliphatic heterocycles. The van der Waals surface area contributed by atoms with Crippen molar-refractivity contribution in [3.63, 3.8) is 0 Å². The molecule has 3 N–H and O–H groups in total. The van der Waals surface area contributed by atoms with E-state index in [1.54, 1.807) is 0 Å². The van der Waals surface area contributed by atoms with Crippen molar-refractivity contribution in [1.82, 2.24) is 4.90 Å². The van der Waals surface area contributed by atoms with Gasteiger partial charge in [0.05, 0.1) is 19.8 Å². The summed E-state index contributed by atoms with van der Waals surface area (Å²) in [5, 5.41) is 8.61. The Balaban J connectivity index is 1.86. The number of benzene rings is 1. The van der Waals surface area contributed by atoms with E-state index in [1.807, 2.05) is 12.1 Å². The van der Waals surface area contributed by atoms with Crippen LogP contribution in [0.1, 0.15) is 11.1 Å². The molecular weight excluding hydrogens is 216 g/mol. The second-order valence-corrected chi connectivity index (χ2v) is 4.35. The molecule has 0 amide bonds. The molecule has 0 spiro atoms. The number of anilines is 1. The Hall–Kier alpha value is -1.10. The van der Waals surface area contributed by atoms with Gasteiger partial charge in [-0.2, -0.15) is 0 Å². The van der Waals surface area contributed by atoms with Crippen LogP contribution in [-0.2, 0) is 17.7 Å². The molecule has 1 aromatic carbocycles. The van der Waals surface area contributed by atoms with Crippen molar-refractivity contribution in [2.45, 2.75) is 13.0 Å². The molecule has 4 heteroatoms. The number of hydrogen-bond donors (Lipinski definition) is 2. The molecule has 0 unspecified atom stereocenters. The summed E-state index contributed by atoms with van der Waals surface area (Å²) < 4.78 is 5.28. The van der Waals surface area contributed by atoms with Gasteiger partial charge in [0.15, 0.2) is 0 Å². The monoisotopic (exact) mass is 236 g/mol. The molecule has 0 saturated carbocycles. The molecule has 1 heterocycles. The highest BCUT2D eigenvalue weighted by atomic mass is 16.5. The van der Waals surface area contributed by atoms with Crippen molar-refractivity contribution < 1.29 is 9.84 Å². The molecule has 17 heavy (non-hydrogen) atoms. The number of aliphatic hydroxyl groups is 1. The van der Waals surface area contributed by atoms with E-state index < -0.39 is 0 Å². The maximum Gasteiger partial charge on any atom is 0.0698 e. The minimum Gasteiger partial charge on any atom is -0.398 e. The predicted molar refractivity (Wildman–Crippen MR) is 67.7 cm³/mol. The molecule has 0 atom stereocenters. The van der Waals surface area contributed by atoms with Crippen molar-refractivity contribution in [2.24, 2.45) is 0 Å². The highest BCUT2D eigenvalue weighted by molar-refractivity contribution is 5.51. The fourth-order valence-electron chi connectivity index (χ4n) is 2.25. The average molecular weight is 236 g/mol. The summed E-state index contributed by atoms with van der Waals surface area (Å²) in [5.74, 6) is 0. The summed E-state index contributed by atoms with van der Waals surface area (Å²) in [6, 6.07) is 6.13. The number of hydrogen-bond acceptors (Lipinski definition) is 4. The quantitative estimate of drug-likeness (QED) is 0.582. The minimum atomic E-state index is 0.0966. The van der Waals surface area contributed by atoms with Crippen LogP contribution >= 0.6 is 0 Å². The van der Waals surface area contributed by atoms with Crippen LogP contribution in [-0.4, -0.2) is 42.9 Å². The SMILES string of the molecule is Nc1cccc2c1CCN(CCOCCO)C2. The molecule has 0 aromatic heterocycles. The standard InChI is InChI=1S/C13H20N2O2/c14-13-3-1-2-11-10-15(5-4-12(11)13)6-8-17-9-7-16/h1-3,16H,4-10,14H2. The van der Waals surface area contributed by atoms with Crippen molar-refractivity contribution in [2.75, 3.05) is 38.6 Å². The van der Waals surface area contributed by atoms with Crippen LogP contribution in [0.2, 0.25) is 0 Å². The van der Waals surface area contributed by atoms with Crippen molar-refractivity contribution in [1.29, 1.82) is 0 Å². The van der Waals surface area contributed by atoms with Crippen LogP contribution in [0.15, 0.2) is 18.2 Å². The minimum absolute atomic E-state index is 0.0966. The normalized spacial score (nSPS) is 15.8. The number of nitrogen functional groups attached to an aromatic ring is 1. The Bertz CT molecular complexity index is 368.